The van der Waals surface area contributed by atoms with Crippen LogP contribution in [0, 0.1) is 0 Å². The zero-order valence-electron chi connectivity index (χ0n) is 12.1. The fraction of sp³-hybridized carbons (Fsp3) is 0.600. The normalized spacial score (nSPS) is 18.6. The number of amides is 1. The lowest BCUT2D eigenvalue weighted by molar-refractivity contribution is -0.135. The van der Waals surface area contributed by atoms with Crippen LogP contribution < -0.4 is 5.73 Å². The van der Waals surface area contributed by atoms with E-state index in [1.165, 1.54) is 0 Å². The van der Waals surface area contributed by atoms with E-state index in [1.807, 2.05) is 4.57 Å². The standard InChI is InChI=1S/C15H21N3O3/c16-11-8-13(18(9-11)12-4-5-12)15(20)21-10-14(19)17-6-2-1-3-7-17/h8-9,12H,1-7,10,16H2. The first kappa shape index (κ1) is 14.0. The summed E-state index contributed by atoms with van der Waals surface area (Å²) >= 11 is 0. The van der Waals surface area contributed by atoms with Crippen molar-refractivity contribution in [3.8, 4) is 0 Å². The highest BCUT2D eigenvalue weighted by Gasteiger charge is 2.28. The van der Waals surface area contributed by atoms with Gasteiger partial charge < -0.3 is 19.9 Å². The van der Waals surface area contributed by atoms with E-state index < -0.39 is 5.97 Å². The molecule has 0 atom stereocenters. The number of piperidine rings is 1. The Morgan fingerprint density at radius 2 is 1.95 bits per heavy atom. The van der Waals surface area contributed by atoms with Crippen LogP contribution in [0.3, 0.4) is 0 Å². The van der Waals surface area contributed by atoms with Gasteiger partial charge in [-0.25, -0.2) is 4.79 Å². The molecule has 0 bridgehead atoms. The summed E-state index contributed by atoms with van der Waals surface area (Å²) in [4.78, 5) is 25.9. The Balaban J connectivity index is 1.57. The molecule has 1 aliphatic carbocycles. The number of carbonyl (C=O) groups excluding carboxylic acids is 2. The van der Waals surface area contributed by atoms with Crippen molar-refractivity contribution < 1.29 is 14.3 Å². The molecule has 1 aromatic rings. The number of hydrogen-bond acceptors (Lipinski definition) is 4. The Kier molecular flexibility index (Phi) is 3.86. The van der Waals surface area contributed by atoms with E-state index >= 15 is 0 Å². The highest BCUT2D eigenvalue weighted by Crippen LogP contribution is 2.37. The molecule has 2 N–H and O–H groups in total. The van der Waals surface area contributed by atoms with Crippen LogP contribution in [0.5, 0.6) is 0 Å². The predicted octanol–water partition coefficient (Wildman–Crippen LogP) is 1.57. The molecule has 21 heavy (non-hydrogen) atoms. The Morgan fingerprint density at radius 1 is 1.24 bits per heavy atom. The second kappa shape index (κ2) is 5.79. The lowest BCUT2D eigenvalue weighted by atomic mass is 10.1. The molecule has 6 heteroatoms. The minimum atomic E-state index is -0.469. The molecule has 2 heterocycles. The average molecular weight is 291 g/mol. The summed E-state index contributed by atoms with van der Waals surface area (Å²) in [5.41, 5.74) is 6.75. The lowest BCUT2D eigenvalue weighted by Gasteiger charge is -2.26. The zero-order chi connectivity index (χ0) is 14.8. The molecule has 1 saturated heterocycles. The van der Waals surface area contributed by atoms with Gasteiger partial charge in [-0.2, -0.15) is 0 Å². The summed E-state index contributed by atoms with van der Waals surface area (Å²) < 4.78 is 7.03. The first-order valence-corrected chi connectivity index (χ1v) is 7.57. The van der Waals surface area contributed by atoms with Crippen LogP contribution >= 0.6 is 0 Å². The molecule has 3 rings (SSSR count). The molecule has 1 aromatic heterocycles. The number of nitrogens with zero attached hydrogens (tertiary/aromatic N) is 2. The van der Waals surface area contributed by atoms with Crippen LogP contribution in [0.4, 0.5) is 5.69 Å². The Labute approximate surface area is 123 Å². The average Bonchev–Trinajstić information content (AvgIpc) is 3.27. The molecule has 1 amide bonds. The van der Waals surface area contributed by atoms with E-state index in [9.17, 15) is 9.59 Å². The van der Waals surface area contributed by atoms with Gasteiger partial charge in [0.05, 0.1) is 5.69 Å². The van der Waals surface area contributed by atoms with E-state index in [1.54, 1.807) is 17.2 Å². The van der Waals surface area contributed by atoms with Gasteiger partial charge in [-0.3, -0.25) is 4.79 Å². The van der Waals surface area contributed by atoms with E-state index in [0.717, 1.165) is 45.2 Å². The highest BCUT2D eigenvalue weighted by molar-refractivity contribution is 5.91. The van der Waals surface area contributed by atoms with Crippen molar-refractivity contribution in [2.24, 2.45) is 0 Å². The van der Waals surface area contributed by atoms with Crippen molar-refractivity contribution in [1.82, 2.24) is 9.47 Å². The van der Waals surface area contributed by atoms with Crippen molar-refractivity contribution in [2.45, 2.75) is 38.1 Å². The Bertz CT molecular complexity index is 542. The van der Waals surface area contributed by atoms with Gasteiger partial charge in [0.1, 0.15) is 5.69 Å². The summed E-state index contributed by atoms with van der Waals surface area (Å²) in [5, 5.41) is 0. The third-order valence-corrected chi connectivity index (χ3v) is 4.05. The summed E-state index contributed by atoms with van der Waals surface area (Å²) in [6.45, 7) is 1.35. The molecule has 0 unspecified atom stereocenters. The number of esters is 1. The SMILES string of the molecule is Nc1cc(C(=O)OCC(=O)N2CCCCC2)n(C2CC2)c1. The van der Waals surface area contributed by atoms with Gasteiger partial charge in [-0.1, -0.05) is 0 Å². The second-order valence-electron chi connectivity index (χ2n) is 5.81. The fourth-order valence-electron chi connectivity index (χ4n) is 2.75. The van der Waals surface area contributed by atoms with Crippen LogP contribution in [-0.4, -0.2) is 41.0 Å². The van der Waals surface area contributed by atoms with Crippen molar-refractivity contribution in [1.29, 1.82) is 0 Å². The number of nitrogens with two attached hydrogens (primary N) is 1. The first-order chi connectivity index (χ1) is 10.1. The number of carbonyl (C=O) groups is 2. The summed E-state index contributed by atoms with van der Waals surface area (Å²) in [5.74, 6) is -0.579. The fourth-order valence-corrected chi connectivity index (χ4v) is 2.75. The van der Waals surface area contributed by atoms with Gasteiger partial charge >= 0.3 is 5.97 Å². The van der Waals surface area contributed by atoms with Crippen LogP contribution in [0.15, 0.2) is 12.3 Å². The van der Waals surface area contributed by atoms with Gasteiger partial charge in [-0.15, -0.1) is 0 Å². The van der Waals surface area contributed by atoms with Crippen LogP contribution in [0.25, 0.3) is 0 Å². The molecule has 0 spiro atoms. The smallest absolute Gasteiger partial charge is 0.355 e. The molecule has 1 aliphatic heterocycles. The minimum Gasteiger partial charge on any atom is -0.451 e. The van der Waals surface area contributed by atoms with Gasteiger partial charge in [0.15, 0.2) is 6.61 Å². The van der Waals surface area contributed by atoms with Crippen LogP contribution in [0.2, 0.25) is 0 Å². The molecule has 2 fully saturated rings. The molecular weight excluding hydrogens is 270 g/mol. The quantitative estimate of drug-likeness (QED) is 0.854. The summed E-state index contributed by atoms with van der Waals surface area (Å²) in [6.07, 6.45) is 7.10. The van der Waals surface area contributed by atoms with Crippen molar-refractivity contribution in [3.63, 3.8) is 0 Å². The number of likely N-dealkylation sites (tertiary alicyclic amines) is 1. The van der Waals surface area contributed by atoms with Gasteiger partial charge in [0.25, 0.3) is 5.91 Å². The number of rotatable bonds is 4. The minimum absolute atomic E-state index is 0.111. The molecule has 1 saturated carbocycles. The van der Waals surface area contributed by atoms with Crippen LogP contribution in [-0.2, 0) is 9.53 Å². The molecule has 0 radical (unpaired) electrons. The molecule has 2 aliphatic rings. The van der Waals surface area contributed by atoms with Crippen molar-refractivity contribution >= 4 is 17.6 Å². The van der Waals surface area contributed by atoms with Crippen molar-refractivity contribution in [2.75, 3.05) is 25.4 Å². The van der Waals surface area contributed by atoms with Crippen LogP contribution in [0.1, 0.15) is 48.6 Å². The third kappa shape index (κ3) is 3.20. The maximum Gasteiger partial charge on any atom is 0.355 e. The summed E-state index contributed by atoms with van der Waals surface area (Å²) in [6, 6.07) is 1.97. The molecule has 0 aromatic carbocycles. The maximum atomic E-state index is 12.1. The summed E-state index contributed by atoms with van der Waals surface area (Å²) in [7, 11) is 0. The maximum absolute atomic E-state index is 12.1. The van der Waals surface area contributed by atoms with E-state index in [0.29, 0.717) is 17.4 Å². The van der Waals surface area contributed by atoms with Gasteiger partial charge in [0, 0.05) is 25.3 Å². The number of nitrogen functional groups attached to an aromatic ring is 1. The monoisotopic (exact) mass is 291 g/mol. The largest absolute Gasteiger partial charge is 0.451 e. The second-order valence-corrected chi connectivity index (χ2v) is 5.81. The number of ether oxygens (including phenoxy) is 1. The van der Waals surface area contributed by atoms with Gasteiger partial charge in [0.2, 0.25) is 0 Å². The molecular formula is C15H21N3O3. The highest BCUT2D eigenvalue weighted by atomic mass is 16.5. The van der Waals surface area contributed by atoms with E-state index in [4.69, 9.17) is 10.5 Å². The third-order valence-electron chi connectivity index (χ3n) is 4.05. The van der Waals surface area contributed by atoms with Crippen molar-refractivity contribution in [3.05, 3.63) is 18.0 Å². The number of aromatic nitrogens is 1. The number of anilines is 1. The molecule has 6 nitrogen and oxygen atoms in total. The first-order valence-electron chi connectivity index (χ1n) is 7.57. The Morgan fingerprint density at radius 3 is 2.62 bits per heavy atom. The van der Waals surface area contributed by atoms with E-state index in [2.05, 4.69) is 0 Å². The predicted molar refractivity (Wildman–Crippen MR) is 77.8 cm³/mol. The number of hydrogen-bond donors (Lipinski definition) is 1. The van der Waals surface area contributed by atoms with Gasteiger partial charge in [-0.05, 0) is 38.2 Å². The topological polar surface area (TPSA) is 77.6 Å². The van der Waals surface area contributed by atoms with E-state index in [-0.39, 0.29) is 12.5 Å². The zero-order valence-corrected chi connectivity index (χ0v) is 12.1. The Hall–Kier alpha value is -1.98. The molecule has 114 valence electrons. The lowest BCUT2D eigenvalue weighted by Crippen LogP contribution is -2.38.